The molecule has 0 saturated carbocycles. The highest BCUT2D eigenvalue weighted by molar-refractivity contribution is 7.94. The summed E-state index contributed by atoms with van der Waals surface area (Å²) in [7, 11) is -9.02. The zero-order valence-corrected chi connectivity index (χ0v) is 24.4. The largest absolute Gasteiger partial charge is 0.350 e. The minimum atomic E-state index is -4.51. The van der Waals surface area contributed by atoms with Crippen molar-refractivity contribution < 1.29 is 36.3 Å². The number of carbonyl (C=O) groups excluding carboxylic acids is 2. The molecule has 4 N–H and O–H groups in total. The molecule has 0 fully saturated rings. The second-order valence-electron chi connectivity index (χ2n) is 9.23. The standard InChI is InChI=1S/C27H22N6O10S2/c28-26(34)30(44(40,41)24-13-9-22(10-14-24)32(36)37)20-5-1-18(2-6-20)17-19-3-7-21(8-4-19)31(27(29)35)45(42,43)25-15-11-23(12-16-25)33(38)39/h1-16H,17H2,(H2,28,34)(H2,29,35). The number of primary amides is 2. The van der Waals surface area contributed by atoms with E-state index in [2.05, 4.69) is 0 Å². The van der Waals surface area contributed by atoms with Gasteiger partial charge in [-0.2, -0.15) is 8.61 Å². The van der Waals surface area contributed by atoms with Crippen molar-refractivity contribution >= 4 is 54.9 Å². The van der Waals surface area contributed by atoms with Gasteiger partial charge in [-0.25, -0.2) is 26.4 Å². The summed E-state index contributed by atoms with van der Waals surface area (Å²) in [6.07, 6.45) is 0.262. The highest BCUT2D eigenvalue weighted by Crippen LogP contribution is 2.28. The number of hydrogen-bond acceptors (Lipinski definition) is 10. The molecule has 0 bridgehead atoms. The first kappa shape index (κ1) is 32.0. The van der Waals surface area contributed by atoms with E-state index in [0.29, 0.717) is 19.7 Å². The van der Waals surface area contributed by atoms with E-state index in [0.717, 1.165) is 48.5 Å². The Kier molecular flexibility index (Phi) is 8.82. The van der Waals surface area contributed by atoms with Crippen LogP contribution in [0.3, 0.4) is 0 Å². The molecule has 18 heteroatoms. The van der Waals surface area contributed by atoms with Gasteiger partial charge in [0.05, 0.1) is 31.0 Å². The maximum absolute atomic E-state index is 13.1. The highest BCUT2D eigenvalue weighted by atomic mass is 32.2. The van der Waals surface area contributed by atoms with Crippen LogP contribution in [0.5, 0.6) is 0 Å². The first-order chi connectivity index (χ1) is 21.1. The van der Waals surface area contributed by atoms with Gasteiger partial charge >= 0.3 is 12.1 Å². The average Bonchev–Trinajstić information content (AvgIpc) is 2.98. The van der Waals surface area contributed by atoms with E-state index >= 15 is 0 Å². The molecule has 0 heterocycles. The van der Waals surface area contributed by atoms with Gasteiger partial charge in [0, 0.05) is 24.3 Å². The smallest absolute Gasteiger partial charge is 0.333 e. The van der Waals surface area contributed by atoms with Crippen LogP contribution in [0.15, 0.2) is 107 Å². The van der Waals surface area contributed by atoms with Crippen LogP contribution >= 0.6 is 0 Å². The van der Waals surface area contributed by atoms with Crippen LogP contribution in [0, 0.1) is 20.2 Å². The molecule has 232 valence electrons. The van der Waals surface area contributed by atoms with Gasteiger partial charge in [0.2, 0.25) is 0 Å². The van der Waals surface area contributed by atoms with Gasteiger partial charge < -0.3 is 11.5 Å². The zero-order valence-electron chi connectivity index (χ0n) is 22.8. The maximum Gasteiger partial charge on any atom is 0.333 e. The Labute approximate surface area is 255 Å². The summed E-state index contributed by atoms with van der Waals surface area (Å²) in [6.45, 7) is 0. The van der Waals surface area contributed by atoms with Crippen LogP contribution in [0.4, 0.5) is 32.3 Å². The first-order valence-corrected chi connectivity index (χ1v) is 15.4. The molecule has 4 amide bonds. The van der Waals surface area contributed by atoms with E-state index in [1.807, 2.05) is 0 Å². The number of nitrogens with zero attached hydrogens (tertiary/aromatic N) is 4. The molecule has 0 unspecified atom stereocenters. The number of nitro benzene ring substituents is 2. The average molecular weight is 655 g/mol. The predicted molar refractivity (Wildman–Crippen MR) is 160 cm³/mol. The number of urea groups is 2. The number of hydrogen-bond donors (Lipinski definition) is 2. The third kappa shape index (κ3) is 6.71. The molecule has 0 spiro atoms. The minimum absolute atomic E-state index is 0.0894. The molecule has 0 aliphatic rings. The van der Waals surface area contributed by atoms with Crippen molar-refractivity contribution in [3.8, 4) is 0 Å². The number of benzene rings is 4. The molecule has 0 radical (unpaired) electrons. The van der Waals surface area contributed by atoms with Crippen LogP contribution in [0.1, 0.15) is 11.1 Å². The molecule has 0 atom stereocenters. The monoisotopic (exact) mass is 654 g/mol. The van der Waals surface area contributed by atoms with Gasteiger partial charge in [-0.05, 0) is 66.1 Å². The Bertz CT molecular complexity index is 1850. The van der Waals surface area contributed by atoms with Crippen LogP contribution < -0.4 is 20.1 Å². The maximum atomic E-state index is 13.1. The Morgan fingerprint density at radius 1 is 0.556 bits per heavy atom. The number of nitro groups is 2. The summed E-state index contributed by atoms with van der Waals surface area (Å²) in [5.74, 6) is 0. The first-order valence-electron chi connectivity index (χ1n) is 12.5. The van der Waals surface area contributed by atoms with E-state index in [1.54, 1.807) is 0 Å². The minimum Gasteiger partial charge on any atom is -0.350 e. The van der Waals surface area contributed by atoms with Crippen LogP contribution in [-0.2, 0) is 26.5 Å². The summed E-state index contributed by atoms with van der Waals surface area (Å²) < 4.78 is 53.2. The number of rotatable bonds is 10. The predicted octanol–water partition coefficient (Wildman–Crippen LogP) is 3.64. The number of sulfonamides is 2. The quantitative estimate of drug-likeness (QED) is 0.185. The van der Waals surface area contributed by atoms with Crippen molar-refractivity contribution in [1.82, 2.24) is 0 Å². The number of anilines is 2. The van der Waals surface area contributed by atoms with E-state index in [1.165, 1.54) is 48.5 Å². The molecule has 16 nitrogen and oxygen atoms in total. The van der Waals surface area contributed by atoms with E-state index in [-0.39, 0.29) is 29.2 Å². The van der Waals surface area contributed by atoms with Gasteiger partial charge in [0.15, 0.2) is 0 Å². The molecule has 0 saturated heterocycles. The van der Waals surface area contributed by atoms with E-state index in [4.69, 9.17) is 11.5 Å². The Morgan fingerprint density at radius 3 is 1.09 bits per heavy atom. The second kappa shape index (κ2) is 12.4. The molecule has 4 rings (SSSR count). The summed E-state index contributed by atoms with van der Waals surface area (Å²) in [6, 6.07) is 16.7. The van der Waals surface area contributed by atoms with Crippen molar-refractivity contribution in [2.45, 2.75) is 16.2 Å². The van der Waals surface area contributed by atoms with Crippen LogP contribution in [-0.4, -0.2) is 38.7 Å². The third-order valence-corrected chi connectivity index (χ3v) is 9.80. The lowest BCUT2D eigenvalue weighted by Gasteiger charge is -2.21. The summed E-state index contributed by atoms with van der Waals surface area (Å²) >= 11 is 0. The zero-order chi connectivity index (χ0) is 33.1. The Morgan fingerprint density at radius 2 is 0.844 bits per heavy atom. The number of nitrogens with two attached hydrogens (primary N) is 2. The van der Waals surface area contributed by atoms with Crippen molar-refractivity contribution in [3.63, 3.8) is 0 Å². The molecule has 0 aromatic heterocycles. The molecular formula is C27H22N6O10S2. The normalized spacial score (nSPS) is 11.4. The molecule has 45 heavy (non-hydrogen) atoms. The van der Waals surface area contributed by atoms with Gasteiger partial charge in [-0.1, -0.05) is 24.3 Å². The fourth-order valence-corrected chi connectivity index (χ4v) is 6.85. The Hall–Kier alpha value is -5.88. The number of non-ortho nitro benzene ring substituents is 2. The second-order valence-corrected chi connectivity index (χ2v) is 12.8. The Balaban J connectivity index is 1.54. The van der Waals surface area contributed by atoms with Gasteiger partial charge in [-0.15, -0.1) is 0 Å². The van der Waals surface area contributed by atoms with Crippen molar-refractivity contribution in [2.24, 2.45) is 11.5 Å². The molecule has 0 aliphatic heterocycles. The fourth-order valence-electron chi connectivity index (χ4n) is 4.19. The topological polar surface area (TPSA) is 247 Å². The summed E-state index contributed by atoms with van der Waals surface area (Å²) in [5, 5.41) is 21.8. The number of amides is 4. The molecule has 4 aromatic rings. The number of carbonyl (C=O) groups is 2. The lowest BCUT2D eigenvalue weighted by atomic mass is 10.0. The van der Waals surface area contributed by atoms with E-state index < -0.39 is 51.7 Å². The highest BCUT2D eigenvalue weighted by Gasteiger charge is 2.31. The lowest BCUT2D eigenvalue weighted by molar-refractivity contribution is -0.385. The van der Waals surface area contributed by atoms with Crippen LogP contribution in [0.25, 0.3) is 0 Å². The summed E-state index contributed by atoms with van der Waals surface area (Å²) in [5.41, 5.74) is 11.2. The molecular weight excluding hydrogens is 632 g/mol. The third-order valence-electron chi connectivity index (χ3n) is 6.32. The molecule has 0 aliphatic carbocycles. The van der Waals surface area contributed by atoms with Gasteiger partial charge in [0.1, 0.15) is 0 Å². The van der Waals surface area contributed by atoms with Gasteiger partial charge in [-0.3, -0.25) is 20.2 Å². The fraction of sp³-hybridized carbons (Fsp3) is 0.0370. The van der Waals surface area contributed by atoms with Gasteiger partial charge in [0.25, 0.3) is 31.4 Å². The van der Waals surface area contributed by atoms with E-state index in [9.17, 15) is 46.7 Å². The molecule has 4 aromatic carbocycles. The van der Waals surface area contributed by atoms with Crippen molar-refractivity contribution in [2.75, 3.05) is 8.61 Å². The van der Waals surface area contributed by atoms with Crippen molar-refractivity contribution in [3.05, 3.63) is 128 Å². The summed E-state index contributed by atoms with van der Waals surface area (Å²) in [4.78, 5) is 43.9. The SMILES string of the molecule is NC(=O)N(c1ccc(Cc2ccc(N(C(N)=O)S(=O)(=O)c3ccc([N+](=O)[O-])cc3)cc2)cc1)S(=O)(=O)c1ccc([N+](=O)[O-])cc1. The van der Waals surface area contributed by atoms with Crippen molar-refractivity contribution in [1.29, 1.82) is 0 Å². The van der Waals surface area contributed by atoms with Crippen LogP contribution in [0.2, 0.25) is 0 Å². The lowest BCUT2D eigenvalue weighted by Crippen LogP contribution is -2.40.